The van der Waals surface area contributed by atoms with E-state index in [1.165, 1.54) is 0 Å². The number of thioether (sulfide) groups is 1. The number of carbonyl (C=O) groups is 1. The molecule has 0 spiro atoms. The maximum Gasteiger partial charge on any atom is 0.309 e. The number of carbonyl (C=O) groups excluding carboxylic acids is 1. The molecule has 4 nitrogen and oxygen atoms in total. The summed E-state index contributed by atoms with van der Waals surface area (Å²) >= 11 is 1.57. The first kappa shape index (κ1) is 12.8. The monoisotopic (exact) mass is 240 g/mol. The third kappa shape index (κ3) is 4.10. The summed E-state index contributed by atoms with van der Waals surface area (Å²) < 4.78 is 4.92. The van der Waals surface area contributed by atoms with Crippen LogP contribution in [0.3, 0.4) is 0 Å². The first-order chi connectivity index (χ1) is 7.63. The molecule has 88 valence electrons. The van der Waals surface area contributed by atoms with Crippen molar-refractivity contribution >= 4 is 23.5 Å². The van der Waals surface area contributed by atoms with Gasteiger partial charge in [-0.2, -0.15) is 0 Å². The molecular formula is C11H16N2O2S. The van der Waals surface area contributed by atoms with Crippen LogP contribution in [0.4, 0.5) is 5.82 Å². The van der Waals surface area contributed by atoms with Gasteiger partial charge in [0.15, 0.2) is 0 Å². The number of ether oxygens (including phenoxy) is 1. The summed E-state index contributed by atoms with van der Waals surface area (Å²) in [6, 6.07) is 3.64. The van der Waals surface area contributed by atoms with E-state index in [1.807, 2.05) is 19.9 Å². The SMILES string of the molecule is CCOC(=O)C(C)CSc1ccc(N)nc1. The largest absolute Gasteiger partial charge is 0.466 e. The maximum atomic E-state index is 11.3. The van der Waals surface area contributed by atoms with Crippen LogP contribution in [0.2, 0.25) is 0 Å². The minimum atomic E-state index is -0.154. The summed E-state index contributed by atoms with van der Waals surface area (Å²) in [4.78, 5) is 16.3. The Morgan fingerprint density at radius 3 is 2.94 bits per heavy atom. The Labute approximate surface area is 99.6 Å². The highest BCUT2D eigenvalue weighted by Gasteiger charge is 2.13. The number of esters is 1. The number of anilines is 1. The zero-order valence-electron chi connectivity index (χ0n) is 9.47. The number of aromatic nitrogens is 1. The Kier molecular flexibility index (Phi) is 5.11. The van der Waals surface area contributed by atoms with Crippen molar-refractivity contribution in [3.8, 4) is 0 Å². The number of nitrogen functional groups attached to an aromatic ring is 1. The third-order valence-electron chi connectivity index (χ3n) is 1.95. The lowest BCUT2D eigenvalue weighted by Crippen LogP contribution is -2.16. The second-order valence-corrected chi connectivity index (χ2v) is 4.48. The molecule has 1 aromatic heterocycles. The molecule has 0 bridgehead atoms. The molecule has 0 aliphatic heterocycles. The molecule has 0 fully saturated rings. The van der Waals surface area contributed by atoms with E-state index in [4.69, 9.17) is 10.5 Å². The summed E-state index contributed by atoms with van der Waals surface area (Å²) in [5.74, 6) is 0.924. The second kappa shape index (κ2) is 6.37. The van der Waals surface area contributed by atoms with Crippen LogP contribution in [-0.4, -0.2) is 23.3 Å². The number of pyridine rings is 1. The molecule has 1 aromatic rings. The van der Waals surface area contributed by atoms with Crippen LogP contribution in [0.5, 0.6) is 0 Å². The van der Waals surface area contributed by atoms with Crippen LogP contribution in [0.15, 0.2) is 23.2 Å². The Hall–Kier alpha value is -1.23. The average molecular weight is 240 g/mol. The summed E-state index contributed by atoms with van der Waals surface area (Å²) in [6.45, 7) is 4.09. The Morgan fingerprint density at radius 1 is 1.62 bits per heavy atom. The molecule has 0 saturated heterocycles. The molecule has 0 aliphatic rings. The summed E-state index contributed by atoms with van der Waals surface area (Å²) in [6.07, 6.45) is 1.71. The van der Waals surface area contributed by atoms with E-state index in [9.17, 15) is 4.79 Å². The van der Waals surface area contributed by atoms with Crippen molar-refractivity contribution < 1.29 is 9.53 Å². The van der Waals surface area contributed by atoms with Crippen molar-refractivity contribution in [2.75, 3.05) is 18.1 Å². The van der Waals surface area contributed by atoms with E-state index in [-0.39, 0.29) is 11.9 Å². The predicted octanol–water partition coefficient (Wildman–Crippen LogP) is 1.96. The summed E-state index contributed by atoms with van der Waals surface area (Å²) in [5, 5.41) is 0. The fourth-order valence-electron chi connectivity index (χ4n) is 1.05. The summed E-state index contributed by atoms with van der Waals surface area (Å²) in [5.41, 5.74) is 5.48. The zero-order chi connectivity index (χ0) is 12.0. The van der Waals surface area contributed by atoms with Gasteiger partial charge in [0.2, 0.25) is 0 Å². The quantitative estimate of drug-likeness (QED) is 0.629. The molecule has 0 radical (unpaired) electrons. The first-order valence-electron chi connectivity index (χ1n) is 5.14. The molecule has 0 aliphatic carbocycles. The summed E-state index contributed by atoms with van der Waals surface area (Å²) in [7, 11) is 0. The van der Waals surface area contributed by atoms with Crippen molar-refractivity contribution in [2.24, 2.45) is 5.92 Å². The minimum Gasteiger partial charge on any atom is -0.466 e. The lowest BCUT2D eigenvalue weighted by molar-refractivity contribution is -0.146. The first-order valence-corrected chi connectivity index (χ1v) is 6.13. The molecule has 1 atom stereocenters. The van der Waals surface area contributed by atoms with Gasteiger partial charge in [-0.3, -0.25) is 4.79 Å². The van der Waals surface area contributed by atoms with E-state index in [0.717, 1.165) is 4.90 Å². The molecule has 2 N–H and O–H groups in total. The highest BCUT2D eigenvalue weighted by Crippen LogP contribution is 2.20. The van der Waals surface area contributed by atoms with Crippen LogP contribution in [0.25, 0.3) is 0 Å². The molecule has 0 aromatic carbocycles. The highest BCUT2D eigenvalue weighted by molar-refractivity contribution is 7.99. The van der Waals surface area contributed by atoms with E-state index in [0.29, 0.717) is 18.2 Å². The number of nitrogens with zero attached hydrogens (tertiary/aromatic N) is 1. The van der Waals surface area contributed by atoms with Crippen LogP contribution in [-0.2, 0) is 9.53 Å². The van der Waals surface area contributed by atoms with E-state index in [1.54, 1.807) is 24.0 Å². The Morgan fingerprint density at radius 2 is 2.38 bits per heavy atom. The normalized spacial score (nSPS) is 12.1. The topological polar surface area (TPSA) is 65.2 Å². The minimum absolute atomic E-state index is 0.109. The zero-order valence-corrected chi connectivity index (χ0v) is 10.3. The van der Waals surface area contributed by atoms with Gasteiger partial charge in [0.1, 0.15) is 5.82 Å². The van der Waals surface area contributed by atoms with E-state index >= 15 is 0 Å². The number of nitrogens with two attached hydrogens (primary N) is 1. The van der Waals surface area contributed by atoms with Gasteiger partial charge in [-0.25, -0.2) is 4.98 Å². The van der Waals surface area contributed by atoms with Crippen molar-refractivity contribution in [3.63, 3.8) is 0 Å². The Bertz CT molecular complexity index is 340. The fourth-order valence-corrected chi connectivity index (χ4v) is 1.92. The molecule has 1 rings (SSSR count). The van der Waals surface area contributed by atoms with E-state index in [2.05, 4.69) is 4.98 Å². The highest BCUT2D eigenvalue weighted by atomic mass is 32.2. The average Bonchev–Trinajstić information content (AvgIpc) is 2.28. The van der Waals surface area contributed by atoms with Gasteiger partial charge in [0.05, 0.1) is 12.5 Å². The van der Waals surface area contributed by atoms with Gasteiger partial charge in [0.25, 0.3) is 0 Å². The molecule has 0 amide bonds. The molecule has 5 heteroatoms. The van der Waals surface area contributed by atoms with Crippen LogP contribution < -0.4 is 5.73 Å². The number of hydrogen-bond acceptors (Lipinski definition) is 5. The lowest BCUT2D eigenvalue weighted by atomic mass is 10.2. The van der Waals surface area contributed by atoms with Gasteiger partial charge in [0, 0.05) is 16.8 Å². The van der Waals surface area contributed by atoms with Crippen molar-refractivity contribution in [2.45, 2.75) is 18.7 Å². The standard InChI is InChI=1S/C11H16N2O2S/c1-3-15-11(14)8(2)7-16-9-4-5-10(12)13-6-9/h4-6,8H,3,7H2,1-2H3,(H2,12,13). The van der Waals surface area contributed by atoms with Gasteiger partial charge < -0.3 is 10.5 Å². The van der Waals surface area contributed by atoms with Gasteiger partial charge in [-0.15, -0.1) is 11.8 Å². The van der Waals surface area contributed by atoms with Crippen LogP contribution >= 0.6 is 11.8 Å². The molecular weight excluding hydrogens is 224 g/mol. The van der Waals surface area contributed by atoms with Crippen LogP contribution in [0, 0.1) is 5.92 Å². The van der Waals surface area contributed by atoms with E-state index < -0.39 is 0 Å². The lowest BCUT2D eigenvalue weighted by Gasteiger charge is -2.09. The maximum absolute atomic E-state index is 11.3. The predicted molar refractivity (Wildman–Crippen MR) is 65.2 cm³/mol. The fraction of sp³-hybridized carbons (Fsp3) is 0.455. The Balaban J connectivity index is 2.39. The third-order valence-corrected chi connectivity index (χ3v) is 3.19. The van der Waals surface area contributed by atoms with Gasteiger partial charge in [-0.05, 0) is 19.1 Å². The number of rotatable bonds is 5. The molecule has 16 heavy (non-hydrogen) atoms. The van der Waals surface area contributed by atoms with Gasteiger partial charge in [-0.1, -0.05) is 6.92 Å². The molecule has 1 heterocycles. The smallest absolute Gasteiger partial charge is 0.309 e. The number of hydrogen-bond donors (Lipinski definition) is 1. The van der Waals surface area contributed by atoms with Crippen molar-refractivity contribution in [3.05, 3.63) is 18.3 Å². The molecule has 1 unspecified atom stereocenters. The van der Waals surface area contributed by atoms with Gasteiger partial charge >= 0.3 is 5.97 Å². The van der Waals surface area contributed by atoms with Crippen molar-refractivity contribution in [1.82, 2.24) is 4.98 Å². The van der Waals surface area contributed by atoms with Crippen LogP contribution in [0.1, 0.15) is 13.8 Å². The van der Waals surface area contributed by atoms with Crippen molar-refractivity contribution in [1.29, 1.82) is 0 Å². The molecule has 0 saturated carbocycles. The second-order valence-electron chi connectivity index (χ2n) is 3.38.